The maximum Gasteiger partial charge on any atom is 0.336 e. The lowest BCUT2D eigenvalue weighted by atomic mass is 10.1. The van der Waals surface area contributed by atoms with E-state index in [1.54, 1.807) is 36.4 Å². The van der Waals surface area contributed by atoms with E-state index in [9.17, 15) is 14.4 Å². The molecule has 0 heterocycles. The zero-order chi connectivity index (χ0) is 16.1. The van der Waals surface area contributed by atoms with E-state index >= 15 is 0 Å². The van der Waals surface area contributed by atoms with Crippen LogP contribution >= 0.6 is 0 Å². The molecule has 112 valence electrons. The minimum Gasteiger partial charge on any atom is -0.478 e. The Morgan fingerprint density at radius 2 is 1.68 bits per heavy atom. The maximum atomic E-state index is 12.2. The van der Waals surface area contributed by atoms with Crippen molar-refractivity contribution >= 4 is 23.3 Å². The van der Waals surface area contributed by atoms with Crippen molar-refractivity contribution in [1.82, 2.24) is 0 Å². The van der Waals surface area contributed by atoms with Gasteiger partial charge in [0, 0.05) is 12.1 Å². The van der Waals surface area contributed by atoms with Crippen LogP contribution in [0.4, 0.5) is 5.69 Å². The van der Waals surface area contributed by atoms with Gasteiger partial charge < -0.3 is 10.4 Å². The van der Waals surface area contributed by atoms with Crippen LogP contribution in [-0.2, 0) is 11.2 Å². The largest absolute Gasteiger partial charge is 0.478 e. The van der Waals surface area contributed by atoms with Gasteiger partial charge >= 0.3 is 5.97 Å². The number of benzene rings is 2. The number of aromatic carboxylic acids is 1. The number of amides is 1. The van der Waals surface area contributed by atoms with E-state index in [4.69, 9.17) is 5.11 Å². The Bertz CT molecular complexity index is 737. The highest BCUT2D eigenvalue weighted by atomic mass is 16.4. The summed E-state index contributed by atoms with van der Waals surface area (Å²) in [5.41, 5.74) is 1.34. The van der Waals surface area contributed by atoms with E-state index in [1.807, 2.05) is 0 Å². The Morgan fingerprint density at radius 1 is 1.00 bits per heavy atom. The van der Waals surface area contributed by atoms with Gasteiger partial charge in [-0.15, -0.1) is 0 Å². The smallest absolute Gasteiger partial charge is 0.336 e. The predicted molar refractivity (Wildman–Crippen MR) is 82.2 cm³/mol. The van der Waals surface area contributed by atoms with Crippen LogP contribution in [0.15, 0.2) is 48.5 Å². The maximum absolute atomic E-state index is 12.2. The highest BCUT2D eigenvalue weighted by Gasteiger charge is 2.15. The first-order valence-corrected chi connectivity index (χ1v) is 6.69. The summed E-state index contributed by atoms with van der Waals surface area (Å²) in [6.07, 6.45) is 0.287. The molecule has 0 aromatic heterocycles. The minimum atomic E-state index is -1.16. The van der Waals surface area contributed by atoms with Gasteiger partial charge in [0.1, 0.15) is 5.78 Å². The molecule has 22 heavy (non-hydrogen) atoms. The van der Waals surface area contributed by atoms with Crippen LogP contribution in [0, 0.1) is 0 Å². The molecule has 5 nitrogen and oxygen atoms in total. The number of anilines is 1. The summed E-state index contributed by atoms with van der Waals surface area (Å²) in [6.45, 7) is 1.49. The first kappa shape index (κ1) is 15.4. The molecule has 2 rings (SSSR count). The molecule has 0 unspecified atom stereocenters. The van der Waals surface area contributed by atoms with Gasteiger partial charge in [0.25, 0.3) is 5.91 Å². The Morgan fingerprint density at radius 3 is 2.32 bits per heavy atom. The molecular formula is C17H15NO4. The van der Waals surface area contributed by atoms with E-state index in [0.29, 0.717) is 5.69 Å². The first-order chi connectivity index (χ1) is 10.5. The third kappa shape index (κ3) is 3.79. The number of rotatable bonds is 5. The summed E-state index contributed by atoms with van der Waals surface area (Å²) >= 11 is 0. The third-order valence-electron chi connectivity index (χ3n) is 3.04. The van der Waals surface area contributed by atoms with Crippen LogP contribution in [0.25, 0.3) is 0 Å². The molecule has 0 aliphatic rings. The molecule has 0 bridgehead atoms. The van der Waals surface area contributed by atoms with Gasteiger partial charge in [-0.25, -0.2) is 4.79 Å². The van der Waals surface area contributed by atoms with Gasteiger partial charge in [-0.1, -0.05) is 24.3 Å². The zero-order valence-corrected chi connectivity index (χ0v) is 12.0. The van der Waals surface area contributed by atoms with Crippen molar-refractivity contribution in [3.05, 3.63) is 65.2 Å². The Kier molecular flexibility index (Phi) is 4.68. The summed E-state index contributed by atoms with van der Waals surface area (Å²) in [4.78, 5) is 34.5. The highest BCUT2D eigenvalue weighted by Crippen LogP contribution is 2.15. The number of hydrogen-bond donors (Lipinski definition) is 2. The highest BCUT2D eigenvalue weighted by molar-refractivity contribution is 6.10. The molecule has 0 spiro atoms. The Balaban J connectivity index is 2.22. The summed E-state index contributed by atoms with van der Waals surface area (Å²) in [5.74, 6) is -1.63. The van der Waals surface area contributed by atoms with E-state index < -0.39 is 11.9 Å². The summed E-state index contributed by atoms with van der Waals surface area (Å²) < 4.78 is 0. The molecule has 0 atom stereocenters. The number of carboxylic acids is 1. The minimum absolute atomic E-state index is 0.0275. The SMILES string of the molecule is CC(=O)Cc1cccc(NC(=O)c2ccccc2C(=O)O)c1. The van der Waals surface area contributed by atoms with Crippen molar-refractivity contribution in [3.8, 4) is 0 Å². The standard InChI is InChI=1S/C17H15NO4/c1-11(19)9-12-5-4-6-13(10-12)18-16(20)14-7-2-3-8-15(14)17(21)22/h2-8,10H,9H2,1H3,(H,18,20)(H,21,22). The molecule has 1 amide bonds. The Labute approximate surface area is 127 Å². The van der Waals surface area contributed by atoms with Crippen LogP contribution in [0.3, 0.4) is 0 Å². The molecule has 0 saturated carbocycles. The summed E-state index contributed by atoms with van der Waals surface area (Å²) in [5, 5.41) is 11.8. The number of carbonyl (C=O) groups excluding carboxylic acids is 2. The molecule has 0 fully saturated rings. The number of nitrogens with one attached hydrogen (secondary N) is 1. The number of carbonyl (C=O) groups is 3. The molecule has 2 aromatic carbocycles. The molecule has 2 aromatic rings. The lowest BCUT2D eigenvalue weighted by molar-refractivity contribution is -0.116. The lowest BCUT2D eigenvalue weighted by Gasteiger charge is -2.09. The average Bonchev–Trinajstić information content (AvgIpc) is 2.46. The second kappa shape index (κ2) is 6.67. The second-order valence-corrected chi connectivity index (χ2v) is 4.88. The van der Waals surface area contributed by atoms with Crippen LogP contribution in [0.1, 0.15) is 33.2 Å². The number of Topliss-reactive ketones (excluding diaryl/α,β-unsaturated/α-hetero) is 1. The fourth-order valence-electron chi connectivity index (χ4n) is 2.11. The molecule has 2 N–H and O–H groups in total. The predicted octanol–water partition coefficient (Wildman–Crippen LogP) is 2.77. The van der Waals surface area contributed by atoms with Crippen LogP contribution < -0.4 is 5.32 Å². The normalized spacial score (nSPS) is 10.0. The second-order valence-electron chi connectivity index (χ2n) is 4.88. The molecule has 0 aliphatic carbocycles. The fourth-order valence-corrected chi connectivity index (χ4v) is 2.11. The Hall–Kier alpha value is -2.95. The van der Waals surface area contributed by atoms with Gasteiger partial charge in [-0.05, 0) is 36.8 Å². The van der Waals surface area contributed by atoms with Crippen molar-refractivity contribution in [3.63, 3.8) is 0 Å². The van der Waals surface area contributed by atoms with Gasteiger partial charge in [-0.3, -0.25) is 9.59 Å². The van der Waals surface area contributed by atoms with E-state index in [0.717, 1.165) is 5.56 Å². The van der Waals surface area contributed by atoms with Gasteiger partial charge in [-0.2, -0.15) is 0 Å². The summed E-state index contributed by atoms with van der Waals surface area (Å²) in [6, 6.07) is 12.9. The number of ketones is 1. The molecule has 0 aliphatic heterocycles. The summed E-state index contributed by atoms with van der Waals surface area (Å²) in [7, 11) is 0. The molecule has 5 heteroatoms. The first-order valence-electron chi connectivity index (χ1n) is 6.69. The monoisotopic (exact) mass is 297 g/mol. The molecule has 0 saturated heterocycles. The van der Waals surface area contributed by atoms with E-state index in [2.05, 4.69) is 5.32 Å². The number of hydrogen-bond acceptors (Lipinski definition) is 3. The topological polar surface area (TPSA) is 83.5 Å². The van der Waals surface area contributed by atoms with E-state index in [-0.39, 0.29) is 23.3 Å². The quantitative estimate of drug-likeness (QED) is 0.889. The molecular weight excluding hydrogens is 282 g/mol. The average molecular weight is 297 g/mol. The van der Waals surface area contributed by atoms with E-state index in [1.165, 1.54) is 19.1 Å². The number of carboxylic acid groups (broad SMARTS) is 1. The van der Waals surface area contributed by atoms with Crippen LogP contribution in [0.2, 0.25) is 0 Å². The van der Waals surface area contributed by atoms with Crippen molar-refractivity contribution in [2.75, 3.05) is 5.32 Å². The van der Waals surface area contributed by atoms with Crippen LogP contribution in [-0.4, -0.2) is 22.8 Å². The van der Waals surface area contributed by atoms with Gasteiger partial charge in [0.05, 0.1) is 11.1 Å². The van der Waals surface area contributed by atoms with Gasteiger partial charge in [0.2, 0.25) is 0 Å². The van der Waals surface area contributed by atoms with Crippen molar-refractivity contribution in [1.29, 1.82) is 0 Å². The zero-order valence-electron chi connectivity index (χ0n) is 12.0. The molecule has 0 radical (unpaired) electrons. The van der Waals surface area contributed by atoms with Crippen molar-refractivity contribution in [2.45, 2.75) is 13.3 Å². The third-order valence-corrected chi connectivity index (χ3v) is 3.04. The van der Waals surface area contributed by atoms with Crippen molar-refractivity contribution < 1.29 is 19.5 Å². The fraction of sp³-hybridized carbons (Fsp3) is 0.118. The van der Waals surface area contributed by atoms with Gasteiger partial charge in [0.15, 0.2) is 0 Å². The van der Waals surface area contributed by atoms with Crippen molar-refractivity contribution in [2.24, 2.45) is 0 Å². The van der Waals surface area contributed by atoms with Crippen LogP contribution in [0.5, 0.6) is 0 Å². The lowest BCUT2D eigenvalue weighted by Crippen LogP contribution is -2.16.